The minimum absolute atomic E-state index is 0.107. The lowest BCUT2D eigenvalue weighted by Gasteiger charge is -2.28. The summed E-state index contributed by atoms with van der Waals surface area (Å²) in [7, 11) is 0. The summed E-state index contributed by atoms with van der Waals surface area (Å²) in [6.07, 6.45) is 1.72. The zero-order chi connectivity index (χ0) is 23.8. The van der Waals surface area contributed by atoms with Gasteiger partial charge in [0.2, 0.25) is 0 Å². The summed E-state index contributed by atoms with van der Waals surface area (Å²) in [4.78, 5) is 20.6. The Hall–Kier alpha value is -3.65. The van der Waals surface area contributed by atoms with Crippen LogP contribution in [0.2, 0.25) is 0 Å². The van der Waals surface area contributed by atoms with Gasteiger partial charge in [-0.1, -0.05) is 0 Å². The van der Waals surface area contributed by atoms with Gasteiger partial charge in [0.15, 0.2) is 5.65 Å². The molecular formula is C26H29N5O3. The molecule has 0 atom stereocenters. The summed E-state index contributed by atoms with van der Waals surface area (Å²) < 4.78 is 13.0. The molecule has 176 valence electrons. The van der Waals surface area contributed by atoms with E-state index in [1.165, 1.54) is 0 Å². The molecule has 1 fully saturated rings. The van der Waals surface area contributed by atoms with Crippen molar-refractivity contribution >= 4 is 28.3 Å². The molecule has 0 radical (unpaired) electrons. The van der Waals surface area contributed by atoms with Crippen LogP contribution in [0.15, 0.2) is 47.0 Å². The van der Waals surface area contributed by atoms with Crippen molar-refractivity contribution in [3.05, 3.63) is 59.7 Å². The van der Waals surface area contributed by atoms with Crippen LogP contribution in [0.25, 0.3) is 22.3 Å². The molecule has 0 unspecified atom stereocenters. The highest BCUT2D eigenvalue weighted by molar-refractivity contribution is 6.12. The first-order valence-electron chi connectivity index (χ1n) is 11.6. The van der Waals surface area contributed by atoms with Gasteiger partial charge < -0.3 is 19.4 Å². The summed E-state index contributed by atoms with van der Waals surface area (Å²) in [5, 5.41) is 8.27. The van der Waals surface area contributed by atoms with Crippen molar-refractivity contribution < 1.29 is 13.9 Å². The maximum Gasteiger partial charge on any atom is 0.256 e. The first-order valence-corrected chi connectivity index (χ1v) is 11.6. The number of benzene rings is 1. The molecule has 0 bridgehead atoms. The third kappa shape index (κ3) is 4.17. The molecule has 8 nitrogen and oxygen atoms in total. The predicted molar refractivity (Wildman–Crippen MR) is 133 cm³/mol. The minimum atomic E-state index is -0.200. The van der Waals surface area contributed by atoms with E-state index < -0.39 is 0 Å². The van der Waals surface area contributed by atoms with Crippen LogP contribution in [0.5, 0.6) is 0 Å². The fourth-order valence-corrected chi connectivity index (χ4v) is 4.38. The highest BCUT2D eigenvalue weighted by atomic mass is 16.5. The van der Waals surface area contributed by atoms with Crippen molar-refractivity contribution in [1.82, 2.24) is 14.8 Å². The van der Waals surface area contributed by atoms with Gasteiger partial charge in [-0.3, -0.25) is 4.79 Å². The summed E-state index contributed by atoms with van der Waals surface area (Å²) >= 11 is 0. The number of furan rings is 1. The number of morpholine rings is 1. The van der Waals surface area contributed by atoms with E-state index >= 15 is 0 Å². The number of hydrogen-bond donors (Lipinski definition) is 1. The SMILES string of the molecule is Cc1cc(-c2cc(C(=O)Nc3ccc(N4CCOCC4)cc3)c3cnn(C(C)C)c3n2)c(C)o1. The van der Waals surface area contributed by atoms with Gasteiger partial charge in [0.1, 0.15) is 11.5 Å². The third-order valence-electron chi connectivity index (χ3n) is 6.12. The lowest BCUT2D eigenvalue weighted by atomic mass is 10.1. The number of pyridine rings is 1. The number of fused-ring (bicyclic) bond motifs is 1. The van der Waals surface area contributed by atoms with E-state index in [0.29, 0.717) is 16.9 Å². The maximum absolute atomic E-state index is 13.4. The van der Waals surface area contributed by atoms with Crippen LogP contribution in [0.1, 0.15) is 41.8 Å². The molecule has 0 saturated carbocycles. The van der Waals surface area contributed by atoms with Gasteiger partial charge in [0.25, 0.3) is 5.91 Å². The number of ether oxygens (including phenoxy) is 1. The van der Waals surface area contributed by atoms with E-state index in [1.807, 2.05) is 68.8 Å². The molecule has 1 saturated heterocycles. The molecule has 1 N–H and O–H groups in total. The summed E-state index contributed by atoms with van der Waals surface area (Å²) in [6, 6.07) is 11.8. The molecule has 4 aromatic rings. The summed E-state index contributed by atoms with van der Waals surface area (Å²) in [5.41, 5.74) is 4.64. The quantitative estimate of drug-likeness (QED) is 0.453. The van der Waals surface area contributed by atoms with E-state index in [-0.39, 0.29) is 11.9 Å². The van der Waals surface area contributed by atoms with Crippen molar-refractivity contribution in [2.75, 3.05) is 36.5 Å². The molecule has 1 amide bonds. The number of carbonyl (C=O) groups excluding carboxylic acids is 1. The van der Waals surface area contributed by atoms with Crippen LogP contribution < -0.4 is 10.2 Å². The monoisotopic (exact) mass is 459 g/mol. The van der Waals surface area contributed by atoms with Crippen molar-refractivity contribution in [2.45, 2.75) is 33.7 Å². The molecule has 8 heteroatoms. The third-order valence-corrected chi connectivity index (χ3v) is 6.12. The van der Waals surface area contributed by atoms with Gasteiger partial charge in [-0.25, -0.2) is 9.67 Å². The Morgan fingerprint density at radius 2 is 1.82 bits per heavy atom. The Bertz CT molecular complexity index is 1330. The average Bonchev–Trinajstić information content (AvgIpc) is 3.42. The second-order valence-corrected chi connectivity index (χ2v) is 8.90. The Balaban J connectivity index is 1.49. The van der Waals surface area contributed by atoms with Gasteiger partial charge in [-0.05, 0) is 64.1 Å². The molecule has 4 heterocycles. The molecular weight excluding hydrogens is 430 g/mol. The maximum atomic E-state index is 13.4. The van der Waals surface area contributed by atoms with E-state index in [1.54, 1.807) is 6.20 Å². The van der Waals surface area contributed by atoms with E-state index in [9.17, 15) is 4.79 Å². The van der Waals surface area contributed by atoms with Gasteiger partial charge >= 0.3 is 0 Å². The number of carbonyl (C=O) groups is 1. The standard InChI is InChI=1S/C26H29N5O3/c1-16(2)31-25-23(15-27-31)22(14-24(29-25)21-13-17(3)34-18(21)4)26(32)28-19-5-7-20(8-6-19)30-9-11-33-12-10-30/h5-8,13-16H,9-12H2,1-4H3,(H,28,32). The van der Waals surface area contributed by atoms with Crippen molar-refractivity contribution in [1.29, 1.82) is 0 Å². The average molecular weight is 460 g/mol. The topological polar surface area (TPSA) is 85.4 Å². The van der Waals surface area contributed by atoms with Crippen molar-refractivity contribution in [3.63, 3.8) is 0 Å². The van der Waals surface area contributed by atoms with Gasteiger partial charge in [0, 0.05) is 36.1 Å². The smallest absolute Gasteiger partial charge is 0.256 e. The van der Waals surface area contributed by atoms with Gasteiger partial charge in [0.05, 0.1) is 36.1 Å². The number of aromatic nitrogens is 3. The molecule has 0 aliphatic carbocycles. The number of rotatable bonds is 5. The predicted octanol–water partition coefficient (Wildman–Crippen LogP) is 4.98. The lowest BCUT2D eigenvalue weighted by Crippen LogP contribution is -2.36. The Labute approximate surface area is 198 Å². The van der Waals surface area contributed by atoms with E-state index in [0.717, 1.165) is 60.1 Å². The zero-order valence-corrected chi connectivity index (χ0v) is 20.0. The fraction of sp³-hybridized carbons (Fsp3) is 0.346. The fourth-order valence-electron chi connectivity index (χ4n) is 4.38. The number of amides is 1. The summed E-state index contributed by atoms with van der Waals surface area (Å²) in [5.74, 6) is 1.37. The van der Waals surface area contributed by atoms with Crippen LogP contribution in [0, 0.1) is 13.8 Å². The van der Waals surface area contributed by atoms with Crippen LogP contribution >= 0.6 is 0 Å². The second-order valence-electron chi connectivity index (χ2n) is 8.90. The summed E-state index contributed by atoms with van der Waals surface area (Å²) in [6.45, 7) is 11.1. The molecule has 3 aromatic heterocycles. The number of nitrogens with one attached hydrogen (secondary N) is 1. The first kappa shape index (κ1) is 22.2. The Kier molecular flexibility index (Phi) is 5.83. The number of nitrogens with zero attached hydrogens (tertiary/aromatic N) is 4. The highest BCUT2D eigenvalue weighted by Crippen LogP contribution is 2.30. The Morgan fingerprint density at radius 3 is 2.47 bits per heavy atom. The van der Waals surface area contributed by atoms with E-state index in [4.69, 9.17) is 14.1 Å². The zero-order valence-electron chi connectivity index (χ0n) is 20.0. The van der Waals surface area contributed by atoms with Gasteiger partial charge in [-0.15, -0.1) is 0 Å². The van der Waals surface area contributed by atoms with Crippen LogP contribution in [0.3, 0.4) is 0 Å². The minimum Gasteiger partial charge on any atom is -0.466 e. The molecule has 34 heavy (non-hydrogen) atoms. The van der Waals surface area contributed by atoms with E-state index in [2.05, 4.69) is 15.3 Å². The largest absolute Gasteiger partial charge is 0.466 e. The van der Waals surface area contributed by atoms with Gasteiger partial charge in [-0.2, -0.15) is 5.10 Å². The van der Waals surface area contributed by atoms with Crippen molar-refractivity contribution in [2.24, 2.45) is 0 Å². The molecule has 5 rings (SSSR count). The lowest BCUT2D eigenvalue weighted by molar-refractivity contribution is 0.102. The first-order chi connectivity index (χ1) is 16.4. The molecule has 1 aromatic carbocycles. The number of hydrogen-bond acceptors (Lipinski definition) is 6. The molecule has 1 aliphatic heterocycles. The Morgan fingerprint density at radius 1 is 1.09 bits per heavy atom. The number of anilines is 2. The second kappa shape index (κ2) is 8.95. The normalized spacial score (nSPS) is 14.2. The van der Waals surface area contributed by atoms with Crippen LogP contribution in [0.4, 0.5) is 11.4 Å². The van der Waals surface area contributed by atoms with Crippen molar-refractivity contribution in [3.8, 4) is 11.3 Å². The highest BCUT2D eigenvalue weighted by Gasteiger charge is 2.20. The number of aryl methyl sites for hydroxylation is 2. The van der Waals surface area contributed by atoms with Crippen LogP contribution in [-0.2, 0) is 4.74 Å². The molecule has 1 aliphatic rings. The van der Waals surface area contributed by atoms with Crippen LogP contribution in [-0.4, -0.2) is 47.0 Å². The molecule has 0 spiro atoms.